The fraction of sp³-hybridized carbons (Fsp3) is 0.385. The van der Waals surface area contributed by atoms with Gasteiger partial charge in [-0.15, -0.1) is 0 Å². The molecule has 0 atom stereocenters. The summed E-state index contributed by atoms with van der Waals surface area (Å²) in [4.78, 5) is 24.8. The molecule has 0 aromatic heterocycles. The predicted molar refractivity (Wildman–Crippen MR) is 78.9 cm³/mol. The van der Waals surface area contributed by atoms with Crippen molar-refractivity contribution in [2.24, 2.45) is 0 Å². The molecule has 1 fully saturated rings. The molecular formula is C13H15ClN2O2S. The van der Waals surface area contributed by atoms with Gasteiger partial charge in [-0.05, 0) is 24.6 Å². The maximum absolute atomic E-state index is 11.8. The summed E-state index contributed by atoms with van der Waals surface area (Å²) >= 11 is 7.29. The fourth-order valence-electron chi connectivity index (χ4n) is 1.76. The second kappa shape index (κ2) is 6.30. The Hall–Kier alpha value is -1.20. The van der Waals surface area contributed by atoms with Gasteiger partial charge in [-0.1, -0.05) is 29.4 Å². The van der Waals surface area contributed by atoms with Crippen LogP contribution in [0.25, 0.3) is 0 Å². The zero-order valence-corrected chi connectivity index (χ0v) is 12.2. The molecule has 1 saturated heterocycles. The van der Waals surface area contributed by atoms with Gasteiger partial charge in [0.1, 0.15) is 0 Å². The summed E-state index contributed by atoms with van der Waals surface area (Å²) in [6.45, 7) is 3.11. The number of carbonyl (C=O) groups is 2. The van der Waals surface area contributed by atoms with Crippen molar-refractivity contribution in [2.75, 3.05) is 24.2 Å². The Morgan fingerprint density at radius 1 is 1.53 bits per heavy atom. The first kappa shape index (κ1) is 14.2. The number of amides is 2. The van der Waals surface area contributed by atoms with Crippen molar-refractivity contribution >= 4 is 40.2 Å². The maximum Gasteiger partial charge on any atom is 0.281 e. The van der Waals surface area contributed by atoms with E-state index < -0.39 is 0 Å². The highest BCUT2D eigenvalue weighted by atomic mass is 35.5. The molecule has 2 amide bonds. The number of benzene rings is 1. The Morgan fingerprint density at radius 3 is 2.95 bits per heavy atom. The van der Waals surface area contributed by atoms with Crippen LogP contribution in [-0.2, 0) is 4.79 Å². The topological polar surface area (TPSA) is 49.4 Å². The number of thioether (sulfide) groups is 1. The number of halogens is 1. The minimum Gasteiger partial charge on any atom is -0.332 e. The number of nitrogens with one attached hydrogen (secondary N) is 1. The largest absolute Gasteiger partial charge is 0.332 e. The zero-order valence-electron chi connectivity index (χ0n) is 10.6. The Labute approximate surface area is 121 Å². The van der Waals surface area contributed by atoms with E-state index in [4.69, 9.17) is 11.6 Å². The third-order valence-electron chi connectivity index (χ3n) is 2.91. The first-order chi connectivity index (χ1) is 9.06. The molecule has 2 rings (SSSR count). The van der Waals surface area contributed by atoms with E-state index in [9.17, 15) is 9.59 Å². The number of hydrogen-bond acceptors (Lipinski definition) is 3. The van der Waals surface area contributed by atoms with E-state index in [0.29, 0.717) is 23.7 Å². The van der Waals surface area contributed by atoms with Crippen LogP contribution in [-0.4, -0.2) is 34.9 Å². The van der Waals surface area contributed by atoms with Crippen LogP contribution in [0.4, 0.5) is 10.5 Å². The van der Waals surface area contributed by atoms with Crippen LogP contribution in [0.1, 0.15) is 12.0 Å². The summed E-state index contributed by atoms with van der Waals surface area (Å²) in [5, 5.41) is 3.47. The van der Waals surface area contributed by atoms with E-state index in [1.165, 1.54) is 11.8 Å². The van der Waals surface area contributed by atoms with E-state index in [1.54, 1.807) is 11.0 Å². The molecule has 1 heterocycles. The van der Waals surface area contributed by atoms with E-state index in [2.05, 4.69) is 5.32 Å². The molecule has 1 aromatic carbocycles. The minimum absolute atomic E-state index is 0.0613. The summed E-state index contributed by atoms with van der Waals surface area (Å²) in [6.07, 6.45) is 0.303. The number of anilines is 1. The van der Waals surface area contributed by atoms with Crippen molar-refractivity contribution < 1.29 is 9.59 Å². The lowest BCUT2D eigenvalue weighted by Gasteiger charge is -2.14. The van der Waals surface area contributed by atoms with Gasteiger partial charge in [0.2, 0.25) is 5.91 Å². The standard InChI is InChI=1S/C13H15ClN2O2S/c1-9-2-3-10(8-11(9)14)15-12(17)4-5-16-6-7-19-13(16)18/h2-3,8H,4-7H2,1H3,(H,15,17). The van der Waals surface area contributed by atoms with Crippen LogP contribution < -0.4 is 5.32 Å². The Morgan fingerprint density at radius 2 is 2.32 bits per heavy atom. The van der Waals surface area contributed by atoms with E-state index in [-0.39, 0.29) is 11.1 Å². The highest BCUT2D eigenvalue weighted by Gasteiger charge is 2.21. The predicted octanol–water partition coefficient (Wildman–Crippen LogP) is 3.15. The van der Waals surface area contributed by atoms with Gasteiger partial charge >= 0.3 is 0 Å². The van der Waals surface area contributed by atoms with Gasteiger partial charge < -0.3 is 10.2 Å². The summed E-state index contributed by atoms with van der Waals surface area (Å²) in [6, 6.07) is 5.40. The Bertz CT molecular complexity index is 507. The second-order valence-corrected chi connectivity index (χ2v) is 5.82. The first-order valence-electron chi connectivity index (χ1n) is 6.04. The molecule has 1 N–H and O–H groups in total. The highest BCUT2D eigenvalue weighted by molar-refractivity contribution is 8.13. The van der Waals surface area contributed by atoms with Crippen LogP contribution in [0, 0.1) is 6.92 Å². The number of hydrogen-bond donors (Lipinski definition) is 1. The molecule has 6 heteroatoms. The minimum atomic E-state index is -0.107. The molecule has 0 saturated carbocycles. The van der Waals surface area contributed by atoms with Crippen molar-refractivity contribution in [2.45, 2.75) is 13.3 Å². The maximum atomic E-state index is 11.8. The average molecular weight is 299 g/mol. The van der Waals surface area contributed by atoms with Gasteiger partial charge in [0.25, 0.3) is 5.24 Å². The zero-order chi connectivity index (χ0) is 13.8. The molecule has 0 unspecified atom stereocenters. The van der Waals surface area contributed by atoms with Gasteiger partial charge in [-0.2, -0.15) is 0 Å². The van der Waals surface area contributed by atoms with Crippen LogP contribution in [0.2, 0.25) is 5.02 Å². The molecule has 1 aromatic rings. The van der Waals surface area contributed by atoms with E-state index >= 15 is 0 Å². The second-order valence-electron chi connectivity index (χ2n) is 4.36. The molecule has 0 aliphatic carbocycles. The van der Waals surface area contributed by atoms with Crippen LogP contribution >= 0.6 is 23.4 Å². The Balaban J connectivity index is 1.83. The quantitative estimate of drug-likeness (QED) is 0.929. The third-order valence-corrected chi connectivity index (χ3v) is 4.21. The molecule has 1 aliphatic rings. The summed E-state index contributed by atoms with van der Waals surface area (Å²) in [7, 11) is 0. The normalized spacial score (nSPS) is 14.8. The smallest absolute Gasteiger partial charge is 0.281 e. The summed E-state index contributed by atoms with van der Waals surface area (Å²) < 4.78 is 0. The van der Waals surface area contributed by atoms with Crippen LogP contribution in [0.15, 0.2) is 18.2 Å². The molecule has 0 spiro atoms. The van der Waals surface area contributed by atoms with Gasteiger partial charge in [0.05, 0.1) is 0 Å². The lowest BCUT2D eigenvalue weighted by atomic mass is 10.2. The lowest BCUT2D eigenvalue weighted by molar-refractivity contribution is -0.116. The number of carbonyl (C=O) groups excluding carboxylic acids is 2. The molecule has 1 aliphatic heterocycles. The number of rotatable bonds is 4. The first-order valence-corrected chi connectivity index (χ1v) is 7.40. The molecule has 0 radical (unpaired) electrons. The molecule has 0 bridgehead atoms. The molecule has 19 heavy (non-hydrogen) atoms. The highest BCUT2D eigenvalue weighted by Crippen LogP contribution is 2.20. The molecular weight excluding hydrogens is 284 g/mol. The average Bonchev–Trinajstić information content (AvgIpc) is 2.77. The van der Waals surface area contributed by atoms with Gasteiger partial charge in [-0.25, -0.2) is 0 Å². The van der Waals surface area contributed by atoms with Gasteiger partial charge in [-0.3, -0.25) is 9.59 Å². The lowest BCUT2D eigenvalue weighted by Crippen LogP contribution is -2.27. The fourth-order valence-corrected chi connectivity index (χ4v) is 2.79. The summed E-state index contributed by atoms with van der Waals surface area (Å²) in [5.41, 5.74) is 1.65. The van der Waals surface area contributed by atoms with Crippen LogP contribution in [0.3, 0.4) is 0 Å². The van der Waals surface area contributed by atoms with Crippen molar-refractivity contribution in [3.05, 3.63) is 28.8 Å². The Kier molecular flexibility index (Phi) is 4.71. The van der Waals surface area contributed by atoms with Crippen molar-refractivity contribution in [1.82, 2.24) is 4.90 Å². The van der Waals surface area contributed by atoms with Crippen molar-refractivity contribution in [3.63, 3.8) is 0 Å². The van der Waals surface area contributed by atoms with Gasteiger partial charge in [0.15, 0.2) is 0 Å². The van der Waals surface area contributed by atoms with Crippen molar-refractivity contribution in [3.8, 4) is 0 Å². The number of nitrogens with zero attached hydrogens (tertiary/aromatic N) is 1. The van der Waals surface area contributed by atoms with Crippen molar-refractivity contribution in [1.29, 1.82) is 0 Å². The monoisotopic (exact) mass is 298 g/mol. The SMILES string of the molecule is Cc1ccc(NC(=O)CCN2CCSC2=O)cc1Cl. The molecule has 102 valence electrons. The van der Waals surface area contributed by atoms with E-state index in [0.717, 1.165) is 17.9 Å². The summed E-state index contributed by atoms with van der Waals surface area (Å²) in [5.74, 6) is 0.707. The van der Waals surface area contributed by atoms with Gasteiger partial charge in [0, 0.05) is 36.0 Å². The third kappa shape index (κ3) is 3.88. The van der Waals surface area contributed by atoms with E-state index in [1.807, 2.05) is 19.1 Å². The number of aryl methyl sites for hydroxylation is 1. The molecule has 4 nitrogen and oxygen atoms in total. The van der Waals surface area contributed by atoms with Crippen LogP contribution in [0.5, 0.6) is 0 Å².